The molecule has 1 aromatic heterocycles. The number of anilines is 1. The molecule has 2 aromatic carbocycles. The van der Waals surface area contributed by atoms with E-state index in [2.05, 4.69) is 27.5 Å². The molecule has 4 N–H and O–H groups in total. The molecule has 2 aliphatic rings. The number of hydrogen-bond acceptors (Lipinski definition) is 7. The molecule has 0 saturated carbocycles. The maximum absolute atomic E-state index is 13.0. The average Bonchev–Trinajstić information content (AvgIpc) is 3.44. The van der Waals surface area contributed by atoms with Crippen LogP contribution in [-0.4, -0.2) is 46.9 Å². The molecule has 4 amide bonds. The Morgan fingerprint density at radius 3 is 2.88 bits per heavy atom. The number of nitrogen functional groups attached to an aromatic ring is 1. The van der Waals surface area contributed by atoms with Crippen molar-refractivity contribution in [1.82, 2.24) is 20.5 Å². The largest absolute Gasteiger partial charge is 0.497 e. The molecule has 0 aliphatic carbocycles. The molecule has 1 fully saturated rings. The van der Waals surface area contributed by atoms with Crippen molar-refractivity contribution >= 4 is 45.1 Å². The van der Waals surface area contributed by atoms with Crippen molar-refractivity contribution in [3.8, 4) is 17.6 Å². The summed E-state index contributed by atoms with van der Waals surface area (Å²) in [6, 6.07) is 8.14. The van der Waals surface area contributed by atoms with E-state index in [0.29, 0.717) is 28.1 Å². The van der Waals surface area contributed by atoms with E-state index in [1.54, 1.807) is 29.8 Å². The molecule has 0 bridgehead atoms. The zero-order chi connectivity index (χ0) is 22.5. The molecular formula is C22H17N5O4S. The summed E-state index contributed by atoms with van der Waals surface area (Å²) >= 11 is 1.44. The zero-order valence-electron chi connectivity index (χ0n) is 16.9. The number of nitrogens with one attached hydrogen (secondary N) is 2. The van der Waals surface area contributed by atoms with Gasteiger partial charge >= 0.3 is 6.03 Å². The van der Waals surface area contributed by atoms with E-state index in [0.717, 1.165) is 10.3 Å². The van der Waals surface area contributed by atoms with Crippen molar-refractivity contribution in [3.63, 3.8) is 0 Å². The van der Waals surface area contributed by atoms with Gasteiger partial charge in [0.15, 0.2) is 0 Å². The van der Waals surface area contributed by atoms with E-state index in [-0.39, 0.29) is 19.0 Å². The SMILES string of the molecule is COc1ccc2c(c1)C(=O)N(C[C@@]1(C#Cc3c(N)ccc4scnc34)NC(=O)NC1=O)C2. The van der Waals surface area contributed by atoms with E-state index in [4.69, 9.17) is 10.5 Å². The Bertz CT molecular complexity index is 1370. The highest BCUT2D eigenvalue weighted by Crippen LogP contribution is 2.29. The molecular weight excluding hydrogens is 430 g/mol. The number of aromatic nitrogens is 1. The maximum atomic E-state index is 13.0. The topological polar surface area (TPSA) is 127 Å². The van der Waals surface area contributed by atoms with Gasteiger partial charge in [0.2, 0.25) is 5.54 Å². The standard InChI is InChI=1S/C22H17N5O4S/c1-31-13-3-2-12-9-27(19(28)15(12)8-13)10-22(20(29)25-21(30)26-22)7-6-14-16(23)4-5-17-18(14)24-11-32-17/h2-5,8,11H,9-10,23H2,1H3,(H2,25,26,29,30)/t22-/m1/s1. The summed E-state index contributed by atoms with van der Waals surface area (Å²) in [5.41, 5.74) is 8.97. The number of ether oxygens (including phenoxy) is 1. The van der Waals surface area contributed by atoms with Gasteiger partial charge in [-0.2, -0.15) is 0 Å². The van der Waals surface area contributed by atoms with E-state index >= 15 is 0 Å². The normalized spacial score (nSPS) is 19.4. The average molecular weight is 447 g/mol. The molecule has 9 nitrogen and oxygen atoms in total. The molecule has 10 heteroatoms. The van der Waals surface area contributed by atoms with E-state index < -0.39 is 17.5 Å². The van der Waals surface area contributed by atoms with Gasteiger partial charge in [-0.15, -0.1) is 11.3 Å². The van der Waals surface area contributed by atoms with Crippen LogP contribution >= 0.6 is 11.3 Å². The molecule has 5 rings (SSSR count). The summed E-state index contributed by atoms with van der Waals surface area (Å²) in [6.07, 6.45) is 0. The first-order valence-corrected chi connectivity index (χ1v) is 10.5. The molecule has 3 heterocycles. The fourth-order valence-electron chi connectivity index (χ4n) is 3.86. The number of hydrogen-bond donors (Lipinski definition) is 3. The number of nitrogens with zero attached hydrogens (tertiary/aromatic N) is 2. The predicted molar refractivity (Wildman–Crippen MR) is 118 cm³/mol. The Morgan fingerprint density at radius 1 is 1.28 bits per heavy atom. The lowest BCUT2D eigenvalue weighted by atomic mass is 9.98. The highest BCUT2D eigenvalue weighted by atomic mass is 32.1. The second-order valence-corrected chi connectivity index (χ2v) is 8.36. The molecule has 2 aliphatic heterocycles. The van der Waals surface area contributed by atoms with Crippen LogP contribution < -0.4 is 21.1 Å². The minimum atomic E-state index is -1.62. The number of carbonyl (C=O) groups excluding carboxylic acids is 3. The summed E-state index contributed by atoms with van der Waals surface area (Å²) in [4.78, 5) is 43.6. The third-order valence-corrected chi connectivity index (χ3v) is 6.30. The number of benzene rings is 2. The second-order valence-electron chi connectivity index (χ2n) is 7.48. The van der Waals surface area contributed by atoms with E-state index in [1.807, 2.05) is 6.07 Å². The lowest BCUT2D eigenvalue weighted by Gasteiger charge is -2.26. The van der Waals surface area contributed by atoms with Gasteiger partial charge in [0.05, 0.1) is 34.9 Å². The van der Waals surface area contributed by atoms with Gasteiger partial charge in [-0.1, -0.05) is 17.9 Å². The quantitative estimate of drug-likeness (QED) is 0.317. The number of amides is 4. The van der Waals surface area contributed by atoms with Crippen LogP contribution in [0.2, 0.25) is 0 Å². The molecule has 0 radical (unpaired) electrons. The van der Waals surface area contributed by atoms with Gasteiger partial charge in [0.25, 0.3) is 11.8 Å². The highest BCUT2D eigenvalue weighted by Gasteiger charge is 2.48. The van der Waals surface area contributed by atoms with Gasteiger partial charge in [-0.3, -0.25) is 14.9 Å². The summed E-state index contributed by atoms with van der Waals surface area (Å²) in [6.45, 7) is 0.162. The van der Waals surface area contributed by atoms with Crippen molar-refractivity contribution in [1.29, 1.82) is 0 Å². The van der Waals surface area contributed by atoms with Crippen LogP contribution in [-0.2, 0) is 11.3 Å². The number of urea groups is 1. The predicted octanol–water partition coefficient (Wildman–Crippen LogP) is 1.47. The molecule has 1 saturated heterocycles. The van der Waals surface area contributed by atoms with Gasteiger partial charge in [-0.25, -0.2) is 9.78 Å². The van der Waals surface area contributed by atoms with E-state index in [9.17, 15) is 14.4 Å². The Hall–Kier alpha value is -4.10. The third-order valence-electron chi connectivity index (χ3n) is 5.50. The Labute approximate surface area is 186 Å². The maximum Gasteiger partial charge on any atom is 0.323 e. The Kier molecular flexibility index (Phi) is 4.49. The molecule has 32 heavy (non-hydrogen) atoms. The summed E-state index contributed by atoms with van der Waals surface area (Å²) < 4.78 is 6.10. The molecule has 160 valence electrons. The smallest absolute Gasteiger partial charge is 0.323 e. The minimum Gasteiger partial charge on any atom is -0.497 e. The van der Waals surface area contributed by atoms with Gasteiger partial charge in [0, 0.05) is 17.8 Å². The van der Waals surface area contributed by atoms with Crippen LogP contribution in [0.25, 0.3) is 10.2 Å². The number of imide groups is 1. The first-order valence-electron chi connectivity index (χ1n) is 9.65. The fourth-order valence-corrected chi connectivity index (χ4v) is 4.54. The van der Waals surface area contributed by atoms with Crippen molar-refractivity contribution in [3.05, 3.63) is 52.5 Å². The van der Waals surface area contributed by atoms with Crippen LogP contribution in [0.3, 0.4) is 0 Å². The van der Waals surface area contributed by atoms with Crippen LogP contribution in [0.5, 0.6) is 5.75 Å². The number of methoxy groups -OCH3 is 1. The minimum absolute atomic E-state index is 0.125. The lowest BCUT2D eigenvalue weighted by molar-refractivity contribution is -0.122. The van der Waals surface area contributed by atoms with Crippen LogP contribution in [0.1, 0.15) is 21.5 Å². The van der Waals surface area contributed by atoms with Gasteiger partial charge in [-0.05, 0) is 29.8 Å². The number of rotatable bonds is 3. The van der Waals surface area contributed by atoms with Crippen LogP contribution in [0.4, 0.5) is 10.5 Å². The summed E-state index contributed by atoms with van der Waals surface area (Å²) in [7, 11) is 1.52. The van der Waals surface area contributed by atoms with Crippen molar-refractivity contribution < 1.29 is 19.1 Å². The van der Waals surface area contributed by atoms with Gasteiger partial charge in [0.1, 0.15) is 5.75 Å². The lowest BCUT2D eigenvalue weighted by Crippen LogP contribution is -2.54. The number of carbonyl (C=O) groups is 3. The molecule has 0 unspecified atom stereocenters. The Morgan fingerprint density at radius 2 is 2.12 bits per heavy atom. The highest BCUT2D eigenvalue weighted by molar-refractivity contribution is 7.16. The van der Waals surface area contributed by atoms with Crippen molar-refractivity contribution in [2.75, 3.05) is 19.4 Å². The van der Waals surface area contributed by atoms with Crippen molar-refractivity contribution in [2.45, 2.75) is 12.1 Å². The summed E-state index contributed by atoms with van der Waals surface area (Å²) in [5.74, 6) is 5.49. The fraction of sp³-hybridized carbons (Fsp3) is 0.182. The van der Waals surface area contributed by atoms with Crippen LogP contribution in [0.15, 0.2) is 35.8 Å². The van der Waals surface area contributed by atoms with E-state index in [1.165, 1.54) is 23.3 Å². The second kappa shape index (κ2) is 7.25. The third kappa shape index (κ3) is 3.11. The summed E-state index contributed by atoms with van der Waals surface area (Å²) in [5, 5.41) is 4.82. The number of thiazole rings is 1. The zero-order valence-corrected chi connectivity index (χ0v) is 17.7. The molecule has 0 spiro atoms. The van der Waals surface area contributed by atoms with Gasteiger partial charge < -0.3 is 20.7 Å². The molecule has 1 atom stereocenters. The first-order chi connectivity index (χ1) is 15.4. The number of nitrogens with two attached hydrogens (primary N) is 1. The monoisotopic (exact) mass is 447 g/mol. The van der Waals surface area contributed by atoms with Crippen molar-refractivity contribution in [2.24, 2.45) is 0 Å². The van der Waals surface area contributed by atoms with Crippen LogP contribution in [0, 0.1) is 11.8 Å². The first kappa shape index (κ1) is 19.8. The molecule has 3 aromatic rings. The number of fused-ring (bicyclic) bond motifs is 2. The Balaban J connectivity index is 1.52.